The molecule has 3 aromatic carbocycles. The van der Waals surface area contributed by atoms with Gasteiger partial charge in [-0.3, -0.25) is 4.79 Å². The van der Waals surface area contributed by atoms with Crippen molar-refractivity contribution in [1.82, 2.24) is 0 Å². The zero-order chi connectivity index (χ0) is 19.7. The minimum atomic E-state index is -0.261. The number of carbonyl (C=O) groups excluding carboxylic acids is 1. The summed E-state index contributed by atoms with van der Waals surface area (Å²) in [5.74, 6) is 0.426. The van der Waals surface area contributed by atoms with Crippen molar-refractivity contribution >= 4 is 68.4 Å². The number of hydrogen-bond donors (Lipinski definition) is 1. The molecule has 28 heavy (non-hydrogen) atoms. The van der Waals surface area contributed by atoms with Crippen molar-refractivity contribution in [3.8, 4) is 5.75 Å². The van der Waals surface area contributed by atoms with Crippen LogP contribution in [0, 0.1) is 13.0 Å². The Balaban J connectivity index is 1.59. The SMILES string of the molecule is O=C1Nc2ccccc2/C1=C/c1cc(I)c(OCc2ccc(F)cc2)c(I)c1. The molecule has 0 spiro atoms. The molecule has 1 aliphatic rings. The molecule has 6 heteroatoms. The molecule has 1 aliphatic heterocycles. The number of rotatable bonds is 4. The van der Waals surface area contributed by atoms with Crippen LogP contribution < -0.4 is 10.1 Å². The molecule has 0 radical (unpaired) electrons. The molecule has 0 aliphatic carbocycles. The predicted octanol–water partition coefficient (Wildman–Crippen LogP) is 6.11. The average Bonchev–Trinajstić information content (AvgIpc) is 2.98. The summed E-state index contributed by atoms with van der Waals surface area (Å²) in [6.45, 7) is 0.364. The Morgan fingerprint density at radius 1 is 1.00 bits per heavy atom. The lowest BCUT2D eigenvalue weighted by molar-refractivity contribution is -0.110. The summed E-state index contributed by atoms with van der Waals surface area (Å²) in [6, 6.07) is 17.9. The van der Waals surface area contributed by atoms with Gasteiger partial charge in [-0.1, -0.05) is 30.3 Å². The van der Waals surface area contributed by atoms with Gasteiger partial charge in [0.25, 0.3) is 5.91 Å². The maximum Gasteiger partial charge on any atom is 0.256 e. The zero-order valence-corrected chi connectivity index (χ0v) is 18.8. The van der Waals surface area contributed by atoms with Crippen LogP contribution in [0.4, 0.5) is 10.1 Å². The van der Waals surface area contributed by atoms with Crippen molar-refractivity contribution in [2.45, 2.75) is 6.61 Å². The number of halogens is 3. The normalized spacial score (nSPS) is 14.1. The lowest BCUT2D eigenvalue weighted by atomic mass is 10.0. The fraction of sp³-hybridized carbons (Fsp3) is 0.0455. The molecule has 0 saturated carbocycles. The Bertz CT molecular complexity index is 1070. The van der Waals surface area contributed by atoms with Crippen LogP contribution in [0.1, 0.15) is 16.7 Å². The maximum atomic E-state index is 13.0. The van der Waals surface area contributed by atoms with Crippen molar-refractivity contribution in [1.29, 1.82) is 0 Å². The van der Waals surface area contributed by atoms with E-state index in [2.05, 4.69) is 50.5 Å². The Hall–Kier alpha value is -1.94. The van der Waals surface area contributed by atoms with Gasteiger partial charge in [-0.2, -0.15) is 0 Å². The van der Waals surface area contributed by atoms with Crippen LogP contribution in [0.2, 0.25) is 0 Å². The number of carbonyl (C=O) groups is 1. The van der Waals surface area contributed by atoms with Gasteiger partial charge in [0.05, 0.1) is 7.14 Å². The molecule has 3 nitrogen and oxygen atoms in total. The van der Waals surface area contributed by atoms with E-state index in [1.54, 1.807) is 12.1 Å². The van der Waals surface area contributed by atoms with Crippen LogP contribution in [-0.4, -0.2) is 5.91 Å². The van der Waals surface area contributed by atoms with Gasteiger partial charge in [-0.05, 0) is 92.7 Å². The summed E-state index contributed by atoms with van der Waals surface area (Å²) >= 11 is 4.46. The molecule has 0 unspecified atom stereocenters. The third-order valence-corrected chi connectivity index (χ3v) is 5.94. The first-order valence-corrected chi connectivity index (χ1v) is 10.7. The third-order valence-electron chi connectivity index (χ3n) is 4.34. The highest BCUT2D eigenvalue weighted by atomic mass is 127. The average molecular weight is 597 g/mol. The molecule has 1 amide bonds. The van der Waals surface area contributed by atoms with Crippen LogP contribution >= 0.6 is 45.2 Å². The van der Waals surface area contributed by atoms with Crippen LogP contribution in [0.15, 0.2) is 60.7 Å². The van der Waals surface area contributed by atoms with Gasteiger partial charge in [0.15, 0.2) is 0 Å². The summed E-state index contributed by atoms with van der Waals surface area (Å²) in [5, 5.41) is 2.89. The fourth-order valence-electron chi connectivity index (χ4n) is 2.99. The fourth-order valence-corrected chi connectivity index (χ4v) is 5.11. The highest BCUT2D eigenvalue weighted by Crippen LogP contribution is 2.35. The van der Waals surface area contributed by atoms with Gasteiger partial charge >= 0.3 is 0 Å². The summed E-state index contributed by atoms with van der Waals surface area (Å²) in [4.78, 5) is 12.3. The lowest BCUT2D eigenvalue weighted by Crippen LogP contribution is -2.03. The molecular weight excluding hydrogens is 583 g/mol. The number of benzene rings is 3. The number of para-hydroxylation sites is 1. The van der Waals surface area contributed by atoms with Crippen molar-refractivity contribution < 1.29 is 13.9 Å². The van der Waals surface area contributed by atoms with Crippen LogP contribution in [0.25, 0.3) is 11.6 Å². The molecule has 4 rings (SSSR count). The lowest BCUT2D eigenvalue weighted by Gasteiger charge is -2.12. The van der Waals surface area contributed by atoms with E-state index in [1.165, 1.54) is 12.1 Å². The number of amides is 1. The number of nitrogens with one attached hydrogen (secondary N) is 1. The number of fused-ring (bicyclic) bond motifs is 1. The van der Waals surface area contributed by atoms with Gasteiger partial charge in [-0.15, -0.1) is 0 Å². The van der Waals surface area contributed by atoms with E-state index < -0.39 is 0 Å². The monoisotopic (exact) mass is 597 g/mol. The van der Waals surface area contributed by atoms with Gasteiger partial charge in [0.2, 0.25) is 0 Å². The number of hydrogen-bond acceptors (Lipinski definition) is 2. The Labute approximate surface area is 189 Å². The molecule has 0 atom stereocenters. The molecule has 0 fully saturated rings. The molecule has 140 valence electrons. The van der Waals surface area contributed by atoms with E-state index in [-0.39, 0.29) is 11.7 Å². The first kappa shape index (κ1) is 19.4. The highest BCUT2D eigenvalue weighted by Gasteiger charge is 2.23. The van der Waals surface area contributed by atoms with E-state index in [0.717, 1.165) is 35.3 Å². The summed E-state index contributed by atoms with van der Waals surface area (Å²) in [7, 11) is 0. The highest BCUT2D eigenvalue weighted by molar-refractivity contribution is 14.1. The first-order valence-electron chi connectivity index (χ1n) is 8.50. The molecular formula is C22H14FI2NO2. The van der Waals surface area contributed by atoms with Crippen molar-refractivity contribution in [2.75, 3.05) is 5.32 Å². The third kappa shape index (κ3) is 4.07. The van der Waals surface area contributed by atoms with E-state index in [9.17, 15) is 9.18 Å². The van der Waals surface area contributed by atoms with Gasteiger partial charge in [0.1, 0.15) is 18.2 Å². The van der Waals surface area contributed by atoms with E-state index in [1.807, 2.05) is 42.5 Å². The first-order chi connectivity index (χ1) is 13.5. The second kappa shape index (κ2) is 8.20. The van der Waals surface area contributed by atoms with E-state index >= 15 is 0 Å². The molecule has 3 aromatic rings. The van der Waals surface area contributed by atoms with Crippen LogP contribution in [-0.2, 0) is 11.4 Å². The Kier molecular flexibility index (Phi) is 5.68. The predicted molar refractivity (Wildman–Crippen MR) is 126 cm³/mol. The standard InChI is InChI=1S/C22H14FI2NO2/c23-15-7-5-13(6-8-15)12-28-21-18(24)10-14(11-19(21)25)9-17-16-3-1-2-4-20(16)26-22(17)27/h1-11H,12H2,(H,26,27)/b17-9-. The molecule has 0 saturated heterocycles. The minimum Gasteiger partial charge on any atom is -0.487 e. The smallest absolute Gasteiger partial charge is 0.256 e. The summed E-state index contributed by atoms with van der Waals surface area (Å²) < 4.78 is 20.9. The molecule has 0 bridgehead atoms. The van der Waals surface area contributed by atoms with Gasteiger partial charge in [0, 0.05) is 16.8 Å². The second-order valence-electron chi connectivity index (χ2n) is 6.29. The van der Waals surface area contributed by atoms with Gasteiger partial charge < -0.3 is 10.1 Å². The number of anilines is 1. The Morgan fingerprint density at radius 3 is 2.39 bits per heavy atom. The quantitative estimate of drug-likeness (QED) is 0.292. The van der Waals surface area contributed by atoms with Crippen molar-refractivity contribution in [3.05, 3.63) is 90.3 Å². The molecule has 0 aromatic heterocycles. The van der Waals surface area contributed by atoms with E-state index in [4.69, 9.17) is 4.74 Å². The summed E-state index contributed by atoms with van der Waals surface area (Å²) in [5.41, 5.74) is 4.24. The van der Waals surface area contributed by atoms with Gasteiger partial charge in [-0.25, -0.2) is 4.39 Å². The number of ether oxygens (including phenoxy) is 1. The Morgan fingerprint density at radius 2 is 1.68 bits per heavy atom. The second-order valence-corrected chi connectivity index (χ2v) is 8.61. The van der Waals surface area contributed by atoms with Crippen LogP contribution in [0.5, 0.6) is 5.75 Å². The van der Waals surface area contributed by atoms with Crippen LogP contribution in [0.3, 0.4) is 0 Å². The molecule has 1 heterocycles. The zero-order valence-electron chi connectivity index (χ0n) is 14.5. The van der Waals surface area contributed by atoms with E-state index in [0.29, 0.717) is 12.2 Å². The molecule has 1 N–H and O–H groups in total. The largest absolute Gasteiger partial charge is 0.487 e. The van der Waals surface area contributed by atoms with Crippen molar-refractivity contribution in [2.24, 2.45) is 0 Å². The maximum absolute atomic E-state index is 13.0. The topological polar surface area (TPSA) is 38.3 Å². The van der Waals surface area contributed by atoms with Crippen molar-refractivity contribution in [3.63, 3.8) is 0 Å². The minimum absolute atomic E-state index is 0.0946. The summed E-state index contributed by atoms with van der Waals surface area (Å²) in [6.07, 6.45) is 1.90.